The summed E-state index contributed by atoms with van der Waals surface area (Å²) in [5.41, 5.74) is 2.16. The molecule has 1 saturated heterocycles. The van der Waals surface area contributed by atoms with Crippen molar-refractivity contribution >= 4 is 5.91 Å². The average Bonchev–Trinajstić information content (AvgIpc) is 3.03. The fourth-order valence-electron chi connectivity index (χ4n) is 2.75. The van der Waals surface area contributed by atoms with E-state index >= 15 is 0 Å². The van der Waals surface area contributed by atoms with Crippen molar-refractivity contribution < 1.29 is 14.3 Å². The molecule has 2 rings (SSSR count). The van der Waals surface area contributed by atoms with Crippen molar-refractivity contribution in [3.8, 4) is 5.75 Å². The first-order chi connectivity index (χ1) is 11.2. The molecule has 1 aromatic rings. The van der Waals surface area contributed by atoms with E-state index in [1.165, 1.54) is 0 Å². The zero-order valence-corrected chi connectivity index (χ0v) is 14.2. The van der Waals surface area contributed by atoms with E-state index in [-0.39, 0.29) is 5.91 Å². The van der Waals surface area contributed by atoms with Crippen molar-refractivity contribution in [2.75, 3.05) is 26.9 Å². The molecule has 0 bridgehead atoms. The van der Waals surface area contributed by atoms with Gasteiger partial charge in [-0.05, 0) is 37.9 Å². The molecule has 1 amide bonds. The molecule has 128 valence electrons. The molecule has 0 aromatic heterocycles. The highest BCUT2D eigenvalue weighted by Crippen LogP contribution is 2.20. The molecule has 0 saturated carbocycles. The van der Waals surface area contributed by atoms with Crippen LogP contribution in [-0.2, 0) is 16.1 Å². The van der Waals surface area contributed by atoms with Crippen LogP contribution < -0.4 is 15.4 Å². The Balaban J connectivity index is 1.83. The number of rotatable bonds is 9. The molecule has 1 aliphatic rings. The molecule has 0 radical (unpaired) electrons. The lowest BCUT2D eigenvalue weighted by molar-refractivity contribution is -0.121. The Morgan fingerprint density at radius 2 is 2.26 bits per heavy atom. The average molecular weight is 320 g/mol. The molecular formula is C18H28N2O3. The van der Waals surface area contributed by atoms with Gasteiger partial charge < -0.3 is 20.1 Å². The van der Waals surface area contributed by atoms with Gasteiger partial charge in [-0.1, -0.05) is 12.1 Å². The lowest BCUT2D eigenvalue weighted by atomic mass is 10.1. The zero-order valence-electron chi connectivity index (χ0n) is 14.2. The number of amides is 1. The molecule has 1 fully saturated rings. The molecule has 0 spiro atoms. The molecule has 1 unspecified atom stereocenters. The first-order valence-electron chi connectivity index (χ1n) is 8.40. The summed E-state index contributed by atoms with van der Waals surface area (Å²) >= 11 is 0. The summed E-state index contributed by atoms with van der Waals surface area (Å²) in [6.45, 7) is 4.87. The van der Waals surface area contributed by atoms with E-state index in [0.29, 0.717) is 32.2 Å². The third kappa shape index (κ3) is 6.20. The van der Waals surface area contributed by atoms with Gasteiger partial charge in [0.05, 0.1) is 6.61 Å². The summed E-state index contributed by atoms with van der Waals surface area (Å²) in [6, 6.07) is 6.42. The van der Waals surface area contributed by atoms with Gasteiger partial charge in [-0.2, -0.15) is 0 Å². The molecule has 0 aliphatic carbocycles. The maximum atomic E-state index is 12.0. The van der Waals surface area contributed by atoms with Gasteiger partial charge in [0.25, 0.3) is 0 Å². The molecule has 1 aliphatic heterocycles. The van der Waals surface area contributed by atoms with Crippen LogP contribution in [0.5, 0.6) is 5.75 Å². The lowest BCUT2D eigenvalue weighted by Gasteiger charge is -2.14. The maximum Gasteiger partial charge on any atom is 0.221 e. The second-order valence-electron chi connectivity index (χ2n) is 6.08. The number of methoxy groups -OCH3 is 1. The fraction of sp³-hybridized carbons (Fsp3) is 0.611. The van der Waals surface area contributed by atoms with Gasteiger partial charge in [0.2, 0.25) is 5.91 Å². The standard InChI is InChI=1S/C18H28N2O3/c1-14-6-7-15(17(11-14)23-10-4-9-22-2)13-20-18(21)12-16-5-3-8-19-16/h6-7,11,16,19H,3-5,8-10,12-13H2,1-2H3,(H,20,21). The normalized spacial score (nSPS) is 17.2. The van der Waals surface area contributed by atoms with Gasteiger partial charge in [0, 0.05) is 44.7 Å². The Morgan fingerprint density at radius 3 is 3.00 bits per heavy atom. The summed E-state index contributed by atoms with van der Waals surface area (Å²) in [5, 5.41) is 6.35. The first-order valence-corrected chi connectivity index (χ1v) is 8.40. The molecule has 1 atom stereocenters. The topological polar surface area (TPSA) is 59.6 Å². The third-order valence-electron chi connectivity index (χ3n) is 4.04. The van der Waals surface area contributed by atoms with Crippen LogP contribution in [0.25, 0.3) is 0 Å². The van der Waals surface area contributed by atoms with Crippen LogP contribution in [0, 0.1) is 6.92 Å². The van der Waals surface area contributed by atoms with Gasteiger partial charge >= 0.3 is 0 Å². The van der Waals surface area contributed by atoms with E-state index in [4.69, 9.17) is 9.47 Å². The highest BCUT2D eigenvalue weighted by molar-refractivity contribution is 5.76. The number of carbonyl (C=O) groups is 1. The number of ether oxygens (including phenoxy) is 2. The van der Waals surface area contributed by atoms with Crippen molar-refractivity contribution in [2.24, 2.45) is 0 Å². The van der Waals surface area contributed by atoms with Gasteiger partial charge in [-0.3, -0.25) is 4.79 Å². The Kier molecular flexibility index (Phi) is 7.36. The first kappa shape index (κ1) is 17.8. The van der Waals surface area contributed by atoms with Crippen molar-refractivity contribution in [3.05, 3.63) is 29.3 Å². The van der Waals surface area contributed by atoms with Crippen LogP contribution >= 0.6 is 0 Å². The molecule has 1 aromatic carbocycles. The smallest absolute Gasteiger partial charge is 0.221 e. The molecule has 2 N–H and O–H groups in total. The molecule has 5 heteroatoms. The predicted molar refractivity (Wildman–Crippen MR) is 90.7 cm³/mol. The number of hydrogen-bond donors (Lipinski definition) is 2. The number of hydrogen-bond acceptors (Lipinski definition) is 4. The molecule has 5 nitrogen and oxygen atoms in total. The van der Waals surface area contributed by atoms with Crippen molar-refractivity contribution in [1.82, 2.24) is 10.6 Å². The summed E-state index contributed by atoms with van der Waals surface area (Å²) in [6.07, 6.45) is 3.65. The summed E-state index contributed by atoms with van der Waals surface area (Å²) in [4.78, 5) is 12.0. The van der Waals surface area contributed by atoms with E-state index in [1.54, 1.807) is 7.11 Å². The summed E-state index contributed by atoms with van der Waals surface area (Å²) < 4.78 is 10.9. The minimum atomic E-state index is 0.0929. The Labute approximate surface area is 138 Å². The third-order valence-corrected chi connectivity index (χ3v) is 4.04. The molecule has 1 heterocycles. The maximum absolute atomic E-state index is 12.0. The highest BCUT2D eigenvalue weighted by Gasteiger charge is 2.17. The van der Waals surface area contributed by atoms with Crippen LogP contribution in [0.15, 0.2) is 18.2 Å². The number of nitrogens with one attached hydrogen (secondary N) is 2. The monoisotopic (exact) mass is 320 g/mol. The number of benzene rings is 1. The van der Waals surface area contributed by atoms with Crippen molar-refractivity contribution in [1.29, 1.82) is 0 Å². The van der Waals surface area contributed by atoms with Crippen LogP contribution in [0.2, 0.25) is 0 Å². The largest absolute Gasteiger partial charge is 0.493 e. The van der Waals surface area contributed by atoms with Crippen molar-refractivity contribution in [2.45, 2.75) is 45.2 Å². The van der Waals surface area contributed by atoms with Gasteiger partial charge in [-0.25, -0.2) is 0 Å². The van der Waals surface area contributed by atoms with Gasteiger partial charge in [0.1, 0.15) is 5.75 Å². The minimum absolute atomic E-state index is 0.0929. The van der Waals surface area contributed by atoms with E-state index in [1.807, 2.05) is 25.1 Å². The summed E-state index contributed by atoms with van der Waals surface area (Å²) in [5.74, 6) is 0.940. The number of carbonyl (C=O) groups excluding carboxylic acids is 1. The van der Waals surface area contributed by atoms with Crippen LogP contribution in [0.4, 0.5) is 0 Å². The van der Waals surface area contributed by atoms with Crippen LogP contribution in [0.3, 0.4) is 0 Å². The molecular weight excluding hydrogens is 292 g/mol. The van der Waals surface area contributed by atoms with Gasteiger partial charge in [-0.15, -0.1) is 0 Å². The Hall–Kier alpha value is -1.59. The second-order valence-corrected chi connectivity index (χ2v) is 6.08. The fourth-order valence-corrected chi connectivity index (χ4v) is 2.75. The van der Waals surface area contributed by atoms with E-state index in [0.717, 1.165) is 42.7 Å². The van der Waals surface area contributed by atoms with E-state index in [2.05, 4.69) is 10.6 Å². The predicted octanol–water partition coefficient (Wildman–Crippen LogP) is 2.17. The van der Waals surface area contributed by atoms with Crippen LogP contribution in [0.1, 0.15) is 36.8 Å². The highest BCUT2D eigenvalue weighted by atomic mass is 16.5. The second kappa shape index (κ2) is 9.53. The SMILES string of the molecule is COCCCOc1cc(C)ccc1CNC(=O)CC1CCCN1. The van der Waals surface area contributed by atoms with E-state index in [9.17, 15) is 4.79 Å². The quantitative estimate of drug-likeness (QED) is 0.685. The minimum Gasteiger partial charge on any atom is -0.493 e. The lowest BCUT2D eigenvalue weighted by Crippen LogP contribution is -2.31. The Bertz CT molecular complexity index is 499. The zero-order chi connectivity index (χ0) is 16.5. The van der Waals surface area contributed by atoms with Gasteiger partial charge in [0.15, 0.2) is 0 Å². The molecule has 23 heavy (non-hydrogen) atoms. The number of aryl methyl sites for hydroxylation is 1. The van der Waals surface area contributed by atoms with Crippen LogP contribution in [-0.4, -0.2) is 38.8 Å². The van der Waals surface area contributed by atoms with Crippen molar-refractivity contribution in [3.63, 3.8) is 0 Å². The van der Waals surface area contributed by atoms with E-state index < -0.39 is 0 Å². The Morgan fingerprint density at radius 1 is 1.39 bits per heavy atom. The summed E-state index contributed by atoms with van der Waals surface area (Å²) in [7, 11) is 1.69.